The summed E-state index contributed by atoms with van der Waals surface area (Å²) in [4.78, 5) is 4.52. The fourth-order valence-electron chi connectivity index (χ4n) is 3.97. The molecule has 2 aliphatic rings. The first-order chi connectivity index (χ1) is 12.7. The number of aromatic nitrogens is 2. The van der Waals surface area contributed by atoms with Gasteiger partial charge in [-0.1, -0.05) is 0 Å². The van der Waals surface area contributed by atoms with Crippen LogP contribution in [0.1, 0.15) is 43.3 Å². The quantitative estimate of drug-likeness (QED) is 0.861. The van der Waals surface area contributed by atoms with Crippen molar-refractivity contribution in [2.45, 2.75) is 58.0 Å². The zero-order chi connectivity index (χ0) is 18.1. The molecule has 140 valence electrons. The van der Waals surface area contributed by atoms with E-state index < -0.39 is 0 Å². The van der Waals surface area contributed by atoms with Gasteiger partial charge in [-0.15, -0.1) is 0 Å². The fourth-order valence-corrected chi connectivity index (χ4v) is 3.97. The Hall–Kier alpha value is -2.05. The van der Waals surface area contributed by atoms with Gasteiger partial charge >= 0.3 is 0 Å². The first kappa shape index (κ1) is 17.4. The number of benzene rings is 1. The van der Waals surface area contributed by atoms with Crippen molar-refractivity contribution < 1.29 is 14.2 Å². The summed E-state index contributed by atoms with van der Waals surface area (Å²) in [6.45, 7) is 6.61. The highest BCUT2D eigenvalue weighted by Crippen LogP contribution is 2.37. The maximum absolute atomic E-state index is 6.04. The molecule has 1 aromatic heterocycles. The number of nitrogens with one attached hydrogen (secondary N) is 1. The van der Waals surface area contributed by atoms with Gasteiger partial charge in [0.05, 0.1) is 7.11 Å². The number of imidazole rings is 1. The van der Waals surface area contributed by atoms with Gasteiger partial charge in [-0.25, -0.2) is 4.98 Å². The lowest BCUT2D eigenvalue weighted by molar-refractivity contribution is 0.0885. The third kappa shape index (κ3) is 3.19. The molecule has 3 atom stereocenters. The highest BCUT2D eigenvalue weighted by Gasteiger charge is 2.33. The Balaban J connectivity index is 1.51. The third-order valence-electron chi connectivity index (χ3n) is 5.27. The average Bonchev–Trinajstić information content (AvgIpc) is 3.36. The predicted octanol–water partition coefficient (Wildman–Crippen LogP) is 2.85. The van der Waals surface area contributed by atoms with Gasteiger partial charge in [-0.05, 0) is 32.4 Å². The maximum Gasteiger partial charge on any atom is 0.139 e. The molecular formula is C20H27N3O3. The van der Waals surface area contributed by atoms with Crippen molar-refractivity contribution >= 4 is 0 Å². The van der Waals surface area contributed by atoms with Crippen LogP contribution in [0.2, 0.25) is 0 Å². The monoisotopic (exact) mass is 357 g/mol. The summed E-state index contributed by atoms with van der Waals surface area (Å²) >= 11 is 0. The number of ether oxygens (including phenoxy) is 3. The smallest absolute Gasteiger partial charge is 0.139 e. The van der Waals surface area contributed by atoms with Crippen LogP contribution in [0.25, 0.3) is 0 Å². The van der Waals surface area contributed by atoms with Crippen molar-refractivity contribution in [2.75, 3.05) is 13.7 Å². The van der Waals surface area contributed by atoms with Gasteiger partial charge in [0.25, 0.3) is 0 Å². The van der Waals surface area contributed by atoms with E-state index in [0.29, 0.717) is 0 Å². The second-order valence-electron chi connectivity index (χ2n) is 7.05. The molecule has 6 nitrogen and oxygen atoms in total. The standard InChI is InChI=1S/C20H27N3O3/c1-4-23-7-6-21-20(23)19-17(5-8-25-19)22-12-15-11-16(24-3)10-14-9-13(2)26-18(14)15/h6-7,10-11,13,17,19,22H,4-5,8-9,12H2,1-3H3/t13-,17+,19+/m1/s1. The Kier molecular flexibility index (Phi) is 4.87. The van der Waals surface area contributed by atoms with E-state index in [1.807, 2.05) is 12.4 Å². The van der Waals surface area contributed by atoms with E-state index in [2.05, 4.69) is 40.8 Å². The van der Waals surface area contributed by atoms with E-state index in [-0.39, 0.29) is 18.2 Å². The van der Waals surface area contributed by atoms with Crippen LogP contribution in [0.15, 0.2) is 24.5 Å². The van der Waals surface area contributed by atoms with Crippen LogP contribution >= 0.6 is 0 Å². The van der Waals surface area contributed by atoms with Crippen LogP contribution in [0, 0.1) is 0 Å². The molecule has 0 saturated carbocycles. The largest absolute Gasteiger partial charge is 0.497 e. The fraction of sp³-hybridized carbons (Fsp3) is 0.550. The molecule has 1 saturated heterocycles. The molecule has 0 spiro atoms. The van der Waals surface area contributed by atoms with Gasteiger partial charge in [-0.2, -0.15) is 0 Å². The molecule has 0 aliphatic carbocycles. The number of aryl methyl sites for hydroxylation is 1. The summed E-state index contributed by atoms with van der Waals surface area (Å²) in [6.07, 6.45) is 5.98. The van der Waals surface area contributed by atoms with Crippen molar-refractivity contribution in [1.29, 1.82) is 0 Å². The van der Waals surface area contributed by atoms with E-state index in [9.17, 15) is 0 Å². The van der Waals surface area contributed by atoms with Gasteiger partial charge in [0.1, 0.15) is 29.5 Å². The number of rotatable bonds is 6. The normalized spacial score (nSPS) is 24.5. The van der Waals surface area contributed by atoms with E-state index in [1.54, 1.807) is 7.11 Å². The zero-order valence-electron chi connectivity index (χ0n) is 15.7. The molecule has 0 radical (unpaired) electrons. The third-order valence-corrected chi connectivity index (χ3v) is 5.27. The lowest BCUT2D eigenvalue weighted by atomic mass is 10.0. The van der Waals surface area contributed by atoms with Gasteiger partial charge in [0.2, 0.25) is 0 Å². The van der Waals surface area contributed by atoms with Gasteiger partial charge in [-0.3, -0.25) is 0 Å². The number of fused-ring (bicyclic) bond motifs is 1. The number of hydrogen-bond acceptors (Lipinski definition) is 5. The molecule has 1 N–H and O–H groups in total. The highest BCUT2D eigenvalue weighted by atomic mass is 16.5. The first-order valence-electron chi connectivity index (χ1n) is 9.42. The predicted molar refractivity (Wildman–Crippen MR) is 98.6 cm³/mol. The summed E-state index contributed by atoms with van der Waals surface area (Å²) in [5, 5.41) is 3.67. The van der Waals surface area contributed by atoms with Gasteiger partial charge in [0.15, 0.2) is 0 Å². The van der Waals surface area contributed by atoms with Crippen LogP contribution < -0.4 is 14.8 Å². The molecular weight excluding hydrogens is 330 g/mol. The molecule has 1 aromatic carbocycles. The Morgan fingerprint density at radius 3 is 3.08 bits per heavy atom. The molecule has 3 heterocycles. The second kappa shape index (κ2) is 7.29. The SMILES string of the molecule is CCn1ccnc1[C@H]1OCC[C@@H]1NCc1cc(OC)cc2c1O[C@H](C)C2. The average molecular weight is 357 g/mol. The molecule has 2 aliphatic heterocycles. The van der Waals surface area contributed by atoms with Crippen molar-refractivity contribution in [1.82, 2.24) is 14.9 Å². The Bertz CT molecular complexity index is 774. The second-order valence-corrected chi connectivity index (χ2v) is 7.05. The summed E-state index contributed by atoms with van der Waals surface area (Å²) in [7, 11) is 1.71. The summed E-state index contributed by atoms with van der Waals surface area (Å²) in [5.41, 5.74) is 2.38. The van der Waals surface area contributed by atoms with Crippen LogP contribution in [0.5, 0.6) is 11.5 Å². The van der Waals surface area contributed by atoms with Crippen LogP contribution in [0.4, 0.5) is 0 Å². The minimum atomic E-state index is -0.0107. The van der Waals surface area contributed by atoms with Crippen molar-refractivity contribution in [3.8, 4) is 11.5 Å². The van der Waals surface area contributed by atoms with Crippen LogP contribution in [-0.4, -0.2) is 35.4 Å². The van der Waals surface area contributed by atoms with Crippen LogP contribution in [-0.2, 0) is 24.2 Å². The van der Waals surface area contributed by atoms with E-state index in [0.717, 1.165) is 55.4 Å². The topological polar surface area (TPSA) is 57.5 Å². The first-order valence-corrected chi connectivity index (χ1v) is 9.42. The minimum absolute atomic E-state index is 0.0107. The lowest BCUT2D eigenvalue weighted by Gasteiger charge is -2.21. The van der Waals surface area contributed by atoms with Gasteiger partial charge < -0.3 is 24.1 Å². The maximum atomic E-state index is 6.04. The van der Waals surface area contributed by atoms with E-state index in [1.165, 1.54) is 5.56 Å². The molecule has 0 amide bonds. The number of nitrogens with zero attached hydrogens (tertiary/aromatic N) is 2. The summed E-state index contributed by atoms with van der Waals surface area (Å²) in [5.74, 6) is 2.90. The highest BCUT2D eigenvalue weighted by molar-refractivity contribution is 5.49. The molecule has 2 aromatic rings. The number of methoxy groups -OCH3 is 1. The molecule has 0 bridgehead atoms. The lowest BCUT2D eigenvalue weighted by Crippen LogP contribution is -2.32. The Morgan fingerprint density at radius 1 is 1.38 bits per heavy atom. The summed E-state index contributed by atoms with van der Waals surface area (Å²) < 4.78 is 19.7. The molecule has 1 fully saturated rings. The minimum Gasteiger partial charge on any atom is -0.497 e. The molecule has 4 rings (SSSR count). The van der Waals surface area contributed by atoms with Crippen LogP contribution in [0.3, 0.4) is 0 Å². The van der Waals surface area contributed by atoms with E-state index in [4.69, 9.17) is 14.2 Å². The Labute approximate surface area is 154 Å². The summed E-state index contributed by atoms with van der Waals surface area (Å²) in [6, 6.07) is 4.40. The molecule has 6 heteroatoms. The number of hydrogen-bond donors (Lipinski definition) is 1. The van der Waals surface area contributed by atoms with Crippen molar-refractivity contribution in [3.05, 3.63) is 41.5 Å². The van der Waals surface area contributed by atoms with E-state index >= 15 is 0 Å². The van der Waals surface area contributed by atoms with Crippen molar-refractivity contribution in [3.63, 3.8) is 0 Å². The zero-order valence-corrected chi connectivity index (χ0v) is 15.7. The molecule has 26 heavy (non-hydrogen) atoms. The Morgan fingerprint density at radius 2 is 2.27 bits per heavy atom. The molecule has 0 unspecified atom stereocenters. The van der Waals surface area contributed by atoms with Gasteiger partial charge in [0, 0.05) is 55.7 Å². The van der Waals surface area contributed by atoms with Crippen molar-refractivity contribution in [2.24, 2.45) is 0 Å².